The van der Waals surface area contributed by atoms with Crippen LogP contribution in [0.15, 0.2) is 60.9 Å². The van der Waals surface area contributed by atoms with Crippen molar-refractivity contribution in [2.45, 2.75) is 45.0 Å². The number of benzene rings is 2. The van der Waals surface area contributed by atoms with Crippen LogP contribution in [0.1, 0.15) is 48.5 Å². The lowest BCUT2D eigenvalue weighted by Crippen LogP contribution is -2.34. The van der Waals surface area contributed by atoms with E-state index in [4.69, 9.17) is 18.9 Å². The summed E-state index contributed by atoms with van der Waals surface area (Å²) in [5, 5.41) is 2.94. The monoisotopic (exact) mass is 446 g/mol. The highest BCUT2D eigenvalue weighted by atomic mass is 16.7. The Bertz CT molecular complexity index is 1140. The first kappa shape index (κ1) is 21.1. The number of aromatic nitrogens is 1. The summed E-state index contributed by atoms with van der Waals surface area (Å²) in [5.74, 6) is 1.73. The molecule has 1 N–H and O–H groups in total. The lowest BCUT2D eigenvalue weighted by atomic mass is 10.1. The topological polar surface area (TPSA) is 78.9 Å². The Kier molecular flexibility index (Phi) is 5.77. The summed E-state index contributed by atoms with van der Waals surface area (Å²) >= 11 is 0. The normalized spacial score (nSPS) is 15.4. The van der Waals surface area contributed by atoms with E-state index in [0.29, 0.717) is 41.7 Å². The molecule has 3 aromatic rings. The third-order valence-electron chi connectivity index (χ3n) is 5.81. The zero-order valence-electron chi connectivity index (χ0n) is 18.5. The molecule has 170 valence electrons. The van der Waals surface area contributed by atoms with Gasteiger partial charge in [-0.3, -0.25) is 9.78 Å². The van der Waals surface area contributed by atoms with E-state index < -0.39 is 5.79 Å². The van der Waals surface area contributed by atoms with Gasteiger partial charge in [-0.25, -0.2) is 0 Å². The van der Waals surface area contributed by atoms with Gasteiger partial charge in [0.05, 0.1) is 6.61 Å². The Morgan fingerprint density at radius 1 is 0.970 bits per heavy atom. The molecule has 1 spiro atoms. The van der Waals surface area contributed by atoms with Gasteiger partial charge in [0, 0.05) is 42.6 Å². The fraction of sp³-hybridized carbons (Fsp3) is 0.308. The van der Waals surface area contributed by atoms with Gasteiger partial charge in [-0.2, -0.15) is 0 Å². The molecule has 1 fully saturated rings. The molecule has 0 atom stereocenters. The van der Waals surface area contributed by atoms with Crippen molar-refractivity contribution in [2.24, 2.45) is 0 Å². The fourth-order valence-electron chi connectivity index (χ4n) is 4.17. The predicted octanol–water partition coefficient (Wildman–Crippen LogP) is 5.35. The highest BCUT2D eigenvalue weighted by molar-refractivity contribution is 6.04. The molecule has 1 aliphatic carbocycles. The third-order valence-corrected chi connectivity index (χ3v) is 5.81. The second-order valence-corrected chi connectivity index (χ2v) is 8.18. The molecule has 7 nitrogen and oxygen atoms in total. The number of nitrogens with one attached hydrogen (secondary N) is 1. The Labute approximate surface area is 192 Å². The zero-order valence-corrected chi connectivity index (χ0v) is 18.5. The molecular formula is C26H26N2O5. The fourth-order valence-corrected chi connectivity index (χ4v) is 4.17. The van der Waals surface area contributed by atoms with Gasteiger partial charge in [0.1, 0.15) is 6.61 Å². The Balaban J connectivity index is 1.28. The summed E-state index contributed by atoms with van der Waals surface area (Å²) in [5.41, 5.74) is 2.12. The van der Waals surface area contributed by atoms with E-state index in [2.05, 4.69) is 10.3 Å². The van der Waals surface area contributed by atoms with Gasteiger partial charge in [0.15, 0.2) is 23.0 Å². The van der Waals surface area contributed by atoms with Gasteiger partial charge in [0.2, 0.25) is 0 Å². The lowest BCUT2D eigenvalue weighted by Gasteiger charge is -2.21. The smallest absolute Gasteiger partial charge is 0.255 e. The van der Waals surface area contributed by atoms with Crippen LogP contribution in [-0.2, 0) is 6.61 Å². The van der Waals surface area contributed by atoms with Crippen molar-refractivity contribution in [3.8, 4) is 23.0 Å². The lowest BCUT2D eigenvalue weighted by molar-refractivity contribution is -0.0716. The molecule has 0 saturated heterocycles. The molecule has 2 heterocycles. The van der Waals surface area contributed by atoms with Gasteiger partial charge < -0.3 is 24.3 Å². The van der Waals surface area contributed by atoms with Gasteiger partial charge in [0.25, 0.3) is 11.7 Å². The molecule has 33 heavy (non-hydrogen) atoms. The average Bonchev–Trinajstić information content (AvgIpc) is 3.44. The number of nitrogens with zero attached hydrogens (tertiary/aromatic N) is 1. The van der Waals surface area contributed by atoms with Crippen LogP contribution < -0.4 is 24.3 Å². The number of ether oxygens (including phenoxy) is 4. The summed E-state index contributed by atoms with van der Waals surface area (Å²) in [6.45, 7) is 2.73. The number of pyridine rings is 1. The van der Waals surface area contributed by atoms with E-state index in [9.17, 15) is 4.79 Å². The molecule has 1 amide bonds. The van der Waals surface area contributed by atoms with Crippen molar-refractivity contribution in [3.05, 3.63) is 72.1 Å². The molecule has 0 radical (unpaired) electrons. The average molecular weight is 447 g/mol. The summed E-state index contributed by atoms with van der Waals surface area (Å²) < 4.78 is 23.8. The number of rotatable bonds is 7. The van der Waals surface area contributed by atoms with Crippen LogP contribution >= 0.6 is 0 Å². The van der Waals surface area contributed by atoms with Crippen LogP contribution in [0.25, 0.3) is 0 Å². The van der Waals surface area contributed by atoms with Crippen LogP contribution in [0, 0.1) is 0 Å². The van der Waals surface area contributed by atoms with E-state index >= 15 is 0 Å². The number of hydrogen-bond donors (Lipinski definition) is 1. The molecular weight excluding hydrogens is 420 g/mol. The molecule has 7 heteroatoms. The summed E-state index contributed by atoms with van der Waals surface area (Å²) in [7, 11) is 0. The van der Waals surface area contributed by atoms with Crippen LogP contribution in [0.3, 0.4) is 0 Å². The Hall–Kier alpha value is -3.74. The first-order chi connectivity index (χ1) is 16.1. The molecule has 2 aromatic carbocycles. The minimum Gasteiger partial charge on any atom is -0.490 e. The van der Waals surface area contributed by atoms with Gasteiger partial charge >= 0.3 is 0 Å². The second kappa shape index (κ2) is 9.02. The third kappa shape index (κ3) is 4.58. The number of amides is 1. The van der Waals surface area contributed by atoms with Gasteiger partial charge in [-0.15, -0.1) is 0 Å². The zero-order chi connectivity index (χ0) is 22.7. The van der Waals surface area contributed by atoms with E-state index in [1.165, 1.54) is 0 Å². The van der Waals surface area contributed by atoms with Crippen molar-refractivity contribution < 1.29 is 23.7 Å². The van der Waals surface area contributed by atoms with Gasteiger partial charge in [-0.05, 0) is 67.8 Å². The van der Waals surface area contributed by atoms with Crippen molar-refractivity contribution in [2.75, 3.05) is 11.9 Å². The highest BCUT2D eigenvalue weighted by Crippen LogP contribution is 2.47. The van der Waals surface area contributed by atoms with Crippen LogP contribution in [0.5, 0.6) is 23.0 Å². The van der Waals surface area contributed by atoms with E-state index in [-0.39, 0.29) is 5.91 Å². The first-order valence-corrected chi connectivity index (χ1v) is 11.3. The standard InChI is InChI=1S/C26H26N2O5/c1-2-30-23-15-19(5-7-21(23)31-17-18-9-13-27-14-10-18)25(29)28-20-6-8-22-24(16-20)33-26(32-22)11-3-4-12-26/h5-10,13-16H,2-4,11-12,17H2,1H3,(H,28,29). The van der Waals surface area contributed by atoms with Crippen molar-refractivity contribution >= 4 is 11.6 Å². The van der Waals surface area contributed by atoms with Crippen LogP contribution in [0.4, 0.5) is 5.69 Å². The minimum absolute atomic E-state index is 0.244. The quantitative estimate of drug-likeness (QED) is 0.527. The summed E-state index contributed by atoms with van der Waals surface area (Å²) in [6.07, 6.45) is 7.42. The molecule has 1 saturated carbocycles. The molecule has 2 aliphatic rings. The molecule has 1 aliphatic heterocycles. The maximum atomic E-state index is 12.9. The maximum absolute atomic E-state index is 12.9. The van der Waals surface area contributed by atoms with Gasteiger partial charge in [-0.1, -0.05) is 0 Å². The maximum Gasteiger partial charge on any atom is 0.255 e. The number of fused-ring (bicyclic) bond motifs is 1. The first-order valence-electron chi connectivity index (χ1n) is 11.3. The van der Waals surface area contributed by atoms with Crippen molar-refractivity contribution in [1.29, 1.82) is 0 Å². The number of carbonyl (C=O) groups is 1. The Morgan fingerprint density at radius 3 is 2.55 bits per heavy atom. The van der Waals surface area contributed by atoms with Crippen molar-refractivity contribution in [3.63, 3.8) is 0 Å². The molecule has 1 aromatic heterocycles. The summed E-state index contributed by atoms with van der Waals surface area (Å²) in [4.78, 5) is 16.9. The predicted molar refractivity (Wildman–Crippen MR) is 123 cm³/mol. The highest BCUT2D eigenvalue weighted by Gasteiger charge is 2.44. The Morgan fingerprint density at radius 2 is 1.76 bits per heavy atom. The molecule has 0 unspecified atom stereocenters. The number of anilines is 1. The van der Waals surface area contributed by atoms with Crippen LogP contribution in [0.2, 0.25) is 0 Å². The van der Waals surface area contributed by atoms with Crippen molar-refractivity contribution in [1.82, 2.24) is 4.98 Å². The van der Waals surface area contributed by atoms with E-state index in [0.717, 1.165) is 37.0 Å². The van der Waals surface area contributed by atoms with E-state index in [1.807, 2.05) is 37.3 Å². The SMILES string of the molecule is CCOc1cc(C(=O)Nc2ccc3c(c2)OC2(CCCC2)O3)ccc1OCc1ccncc1. The number of hydrogen-bond acceptors (Lipinski definition) is 6. The molecule has 5 rings (SSSR count). The van der Waals surface area contributed by atoms with E-state index in [1.54, 1.807) is 30.6 Å². The largest absolute Gasteiger partial charge is 0.490 e. The molecule has 0 bridgehead atoms. The minimum atomic E-state index is -0.524. The second-order valence-electron chi connectivity index (χ2n) is 8.18. The summed E-state index contributed by atoms with van der Waals surface area (Å²) in [6, 6.07) is 14.4. The van der Waals surface area contributed by atoms with Crippen LogP contribution in [-0.4, -0.2) is 23.3 Å². The number of carbonyl (C=O) groups excluding carboxylic acids is 1.